The van der Waals surface area contributed by atoms with Crippen LogP contribution < -0.4 is 0 Å². The minimum absolute atomic E-state index is 1.10. The Hall–Kier alpha value is -0.520. The molecule has 0 aliphatic heterocycles. The van der Waals surface area contributed by atoms with Gasteiger partial charge >= 0.3 is 0 Å². The maximum Gasteiger partial charge on any atom is -0.0308 e. The van der Waals surface area contributed by atoms with Crippen LogP contribution in [-0.4, -0.2) is 0 Å². The molecule has 0 aliphatic carbocycles. The van der Waals surface area contributed by atoms with E-state index in [2.05, 4.69) is 19.6 Å². The van der Waals surface area contributed by atoms with Crippen molar-refractivity contribution in [3.05, 3.63) is 23.8 Å². The molecule has 0 aromatic rings. The predicted molar refractivity (Wildman–Crippen MR) is 38.9 cm³/mol. The number of hydrogen-bond donors (Lipinski definition) is 0. The molecule has 0 atom stereocenters. The Kier molecular flexibility index (Phi) is 3.25. The van der Waals surface area contributed by atoms with Gasteiger partial charge in [-0.1, -0.05) is 30.7 Å². The van der Waals surface area contributed by atoms with Gasteiger partial charge in [-0.3, -0.25) is 0 Å². The molecule has 0 spiro atoms. The van der Waals surface area contributed by atoms with Crippen LogP contribution in [0.15, 0.2) is 23.8 Å². The van der Waals surface area contributed by atoms with Crippen molar-refractivity contribution >= 4 is 0 Å². The highest BCUT2D eigenvalue weighted by molar-refractivity contribution is 5.24. The summed E-state index contributed by atoms with van der Waals surface area (Å²) in [5.41, 5.74) is 2.56. The Morgan fingerprint density at radius 3 is 2.12 bits per heavy atom. The van der Waals surface area contributed by atoms with Gasteiger partial charge in [0, 0.05) is 0 Å². The van der Waals surface area contributed by atoms with Crippen molar-refractivity contribution in [2.75, 3.05) is 0 Å². The molecule has 0 heteroatoms. The zero-order valence-corrected chi connectivity index (χ0v) is 5.99. The van der Waals surface area contributed by atoms with Gasteiger partial charge in [-0.05, 0) is 20.3 Å². The van der Waals surface area contributed by atoms with E-state index in [4.69, 9.17) is 0 Å². The average molecular weight is 110 g/mol. The Balaban J connectivity index is 3.92. The van der Waals surface area contributed by atoms with E-state index in [0.29, 0.717) is 0 Å². The molecular formula is C8H14. The summed E-state index contributed by atoms with van der Waals surface area (Å²) in [6.45, 7) is 10.1. The van der Waals surface area contributed by atoms with Crippen molar-refractivity contribution < 1.29 is 0 Å². The van der Waals surface area contributed by atoms with Gasteiger partial charge < -0.3 is 0 Å². The fourth-order valence-electron chi connectivity index (χ4n) is 0.752. The van der Waals surface area contributed by atoms with Crippen LogP contribution in [0.2, 0.25) is 0 Å². The molecule has 0 radical (unpaired) electrons. The van der Waals surface area contributed by atoms with Crippen LogP contribution >= 0.6 is 0 Å². The summed E-state index contributed by atoms with van der Waals surface area (Å²) in [6.07, 6.45) is 3.22. The monoisotopic (exact) mass is 110 g/mol. The highest BCUT2D eigenvalue weighted by Gasteiger charge is 1.88. The lowest BCUT2D eigenvalue weighted by Gasteiger charge is -1.98. The molecule has 0 amide bonds. The Morgan fingerprint density at radius 2 is 2.12 bits per heavy atom. The van der Waals surface area contributed by atoms with Crippen LogP contribution in [0, 0.1) is 0 Å². The minimum atomic E-state index is 1.10. The maximum absolute atomic E-state index is 3.83. The second-order valence-corrected chi connectivity index (χ2v) is 1.95. The third-order valence-corrected chi connectivity index (χ3v) is 1.28. The van der Waals surface area contributed by atoms with E-state index in [9.17, 15) is 0 Å². The summed E-state index contributed by atoms with van der Waals surface area (Å²) >= 11 is 0. The highest BCUT2D eigenvalue weighted by Crippen LogP contribution is 2.09. The summed E-state index contributed by atoms with van der Waals surface area (Å²) in [7, 11) is 0. The van der Waals surface area contributed by atoms with Gasteiger partial charge in [0.1, 0.15) is 0 Å². The molecule has 0 N–H and O–H groups in total. The van der Waals surface area contributed by atoms with Crippen molar-refractivity contribution in [1.82, 2.24) is 0 Å². The molecule has 0 aromatic carbocycles. The van der Waals surface area contributed by atoms with E-state index >= 15 is 0 Å². The van der Waals surface area contributed by atoms with Gasteiger partial charge in [0.05, 0.1) is 0 Å². The van der Waals surface area contributed by atoms with Gasteiger partial charge in [0.25, 0.3) is 0 Å². The van der Waals surface area contributed by atoms with Gasteiger partial charge in [0.2, 0.25) is 0 Å². The predicted octanol–water partition coefficient (Wildman–Crippen LogP) is 2.92. The van der Waals surface area contributed by atoms with Crippen LogP contribution in [0.1, 0.15) is 27.2 Å². The largest absolute Gasteiger partial charge is 0.0959 e. The minimum Gasteiger partial charge on any atom is -0.0959 e. The first-order valence-corrected chi connectivity index (χ1v) is 3.03. The molecule has 0 unspecified atom stereocenters. The Labute approximate surface area is 51.9 Å². The molecule has 0 saturated heterocycles. The SMILES string of the molecule is C=C(C)/C(=C\C)CC. The van der Waals surface area contributed by atoms with Crippen LogP contribution in [0.25, 0.3) is 0 Å². The first kappa shape index (κ1) is 7.48. The first-order valence-electron chi connectivity index (χ1n) is 3.03. The van der Waals surface area contributed by atoms with Gasteiger partial charge in [-0.2, -0.15) is 0 Å². The van der Waals surface area contributed by atoms with Crippen LogP contribution in [-0.2, 0) is 0 Å². The molecule has 0 heterocycles. The molecule has 0 nitrogen and oxygen atoms in total. The lowest BCUT2D eigenvalue weighted by atomic mass is 10.1. The quantitative estimate of drug-likeness (QED) is 0.479. The van der Waals surface area contributed by atoms with Crippen molar-refractivity contribution in [1.29, 1.82) is 0 Å². The van der Waals surface area contributed by atoms with E-state index in [0.717, 1.165) is 6.42 Å². The third-order valence-electron chi connectivity index (χ3n) is 1.28. The molecule has 0 rings (SSSR count). The molecule has 0 aromatic heterocycles. The molecular weight excluding hydrogens is 96.1 g/mol. The van der Waals surface area contributed by atoms with E-state index < -0.39 is 0 Å². The zero-order valence-electron chi connectivity index (χ0n) is 5.99. The number of hydrogen-bond acceptors (Lipinski definition) is 0. The van der Waals surface area contributed by atoms with Crippen molar-refractivity contribution in [3.8, 4) is 0 Å². The summed E-state index contributed by atoms with van der Waals surface area (Å²) in [4.78, 5) is 0. The number of allylic oxidation sites excluding steroid dienone is 3. The van der Waals surface area contributed by atoms with Crippen LogP contribution in [0.3, 0.4) is 0 Å². The van der Waals surface area contributed by atoms with E-state index in [-0.39, 0.29) is 0 Å². The van der Waals surface area contributed by atoms with Crippen molar-refractivity contribution in [2.24, 2.45) is 0 Å². The normalized spacial score (nSPS) is 11.6. The maximum atomic E-state index is 3.83. The van der Waals surface area contributed by atoms with Crippen molar-refractivity contribution in [2.45, 2.75) is 27.2 Å². The highest BCUT2D eigenvalue weighted by atomic mass is 13.9. The molecule has 0 fully saturated rings. The summed E-state index contributed by atoms with van der Waals surface area (Å²) in [5.74, 6) is 0. The molecule has 0 saturated carbocycles. The second-order valence-electron chi connectivity index (χ2n) is 1.95. The standard InChI is InChI=1S/C8H14/c1-5-8(6-2)7(3)4/h5H,3,6H2,1-2,4H3/b8-5-. The van der Waals surface area contributed by atoms with E-state index in [1.165, 1.54) is 11.1 Å². The average Bonchev–Trinajstić information content (AvgIpc) is 1.69. The smallest absolute Gasteiger partial charge is 0.0308 e. The lowest BCUT2D eigenvalue weighted by Crippen LogP contribution is -1.78. The second kappa shape index (κ2) is 3.48. The van der Waals surface area contributed by atoms with Crippen molar-refractivity contribution in [3.63, 3.8) is 0 Å². The number of rotatable bonds is 2. The summed E-state index contributed by atoms with van der Waals surface area (Å²) < 4.78 is 0. The van der Waals surface area contributed by atoms with Gasteiger partial charge in [0.15, 0.2) is 0 Å². The molecule has 0 bridgehead atoms. The van der Waals surface area contributed by atoms with Gasteiger partial charge in [-0.15, -0.1) is 0 Å². The van der Waals surface area contributed by atoms with E-state index in [1.807, 2.05) is 13.8 Å². The van der Waals surface area contributed by atoms with E-state index in [1.54, 1.807) is 0 Å². The van der Waals surface area contributed by atoms with Crippen LogP contribution in [0.4, 0.5) is 0 Å². The first-order chi connectivity index (χ1) is 3.72. The zero-order chi connectivity index (χ0) is 6.57. The Bertz CT molecular complexity index is 107. The topological polar surface area (TPSA) is 0 Å². The Morgan fingerprint density at radius 1 is 1.62 bits per heavy atom. The molecule has 46 valence electrons. The molecule has 0 aliphatic rings. The van der Waals surface area contributed by atoms with Gasteiger partial charge in [-0.25, -0.2) is 0 Å². The molecule has 8 heavy (non-hydrogen) atoms. The fraction of sp³-hybridized carbons (Fsp3) is 0.500. The summed E-state index contributed by atoms with van der Waals surface area (Å²) in [6, 6.07) is 0. The third kappa shape index (κ3) is 1.97. The summed E-state index contributed by atoms with van der Waals surface area (Å²) in [5, 5.41) is 0. The fourth-order valence-corrected chi connectivity index (χ4v) is 0.752. The van der Waals surface area contributed by atoms with Crippen LogP contribution in [0.5, 0.6) is 0 Å². The lowest BCUT2D eigenvalue weighted by molar-refractivity contribution is 1.10.